The van der Waals surface area contributed by atoms with Gasteiger partial charge in [-0.3, -0.25) is 9.69 Å². The van der Waals surface area contributed by atoms with Crippen molar-refractivity contribution in [2.45, 2.75) is 20.1 Å². The van der Waals surface area contributed by atoms with Crippen molar-refractivity contribution in [2.24, 2.45) is 4.99 Å². The molecule has 0 bridgehead atoms. The average molecular weight is 563 g/mol. The Morgan fingerprint density at radius 1 is 1.16 bits per heavy atom. The molecule has 0 aromatic heterocycles. The van der Waals surface area contributed by atoms with Crippen LogP contribution in [0.15, 0.2) is 23.2 Å². The minimum absolute atomic E-state index is 0. The number of rotatable bonds is 7. The molecule has 0 saturated carbocycles. The van der Waals surface area contributed by atoms with Crippen LogP contribution in [0.5, 0.6) is 0 Å². The number of carbonyl (C=O) groups is 1. The van der Waals surface area contributed by atoms with Crippen molar-refractivity contribution < 1.29 is 18.7 Å². The van der Waals surface area contributed by atoms with E-state index in [1.165, 1.54) is 6.07 Å². The standard InChI is InChI=1S/C22H34FN5O3.HI/c1-3-24-22(25-15-18-4-5-20(23)19(14-18)17-30-2)28-8-6-26(7-9-28)16-21(29)27-10-12-31-13-11-27;/h4-5,14H,3,6-13,15-17H2,1-2H3,(H,24,25);1H. The van der Waals surface area contributed by atoms with Gasteiger partial charge in [-0.25, -0.2) is 9.38 Å². The molecule has 1 N–H and O–H groups in total. The first-order chi connectivity index (χ1) is 15.1. The lowest BCUT2D eigenvalue weighted by molar-refractivity contribution is -0.136. The number of piperazine rings is 1. The third-order valence-electron chi connectivity index (χ3n) is 5.55. The Bertz CT molecular complexity index is 753. The average Bonchev–Trinajstić information content (AvgIpc) is 2.80. The van der Waals surface area contributed by atoms with Crippen LogP contribution in [0.1, 0.15) is 18.1 Å². The van der Waals surface area contributed by atoms with Gasteiger partial charge in [0, 0.05) is 58.5 Å². The molecule has 8 nitrogen and oxygen atoms in total. The number of amides is 1. The SMILES string of the molecule is CCNC(=NCc1ccc(F)c(COC)c1)N1CCN(CC(=O)N2CCOCC2)CC1.I. The molecule has 1 aromatic carbocycles. The summed E-state index contributed by atoms with van der Waals surface area (Å²) in [6.45, 7) is 9.85. The Morgan fingerprint density at radius 3 is 2.53 bits per heavy atom. The van der Waals surface area contributed by atoms with E-state index in [9.17, 15) is 9.18 Å². The van der Waals surface area contributed by atoms with Crippen LogP contribution in [0.25, 0.3) is 0 Å². The van der Waals surface area contributed by atoms with Crippen molar-refractivity contribution in [3.8, 4) is 0 Å². The zero-order chi connectivity index (χ0) is 22.1. The number of methoxy groups -OCH3 is 1. The third kappa shape index (κ3) is 7.82. The van der Waals surface area contributed by atoms with Gasteiger partial charge in [0.1, 0.15) is 5.82 Å². The molecule has 0 radical (unpaired) electrons. The molecule has 32 heavy (non-hydrogen) atoms. The molecular formula is C22H35FIN5O3. The van der Waals surface area contributed by atoms with Gasteiger partial charge in [0.25, 0.3) is 0 Å². The van der Waals surface area contributed by atoms with E-state index < -0.39 is 0 Å². The minimum Gasteiger partial charge on any atom is -0.380 e. The highest BCUT2D eigenvalue weighted by Gasteiger charge is 2.24. The van der Waals surface area contributed by atoms with Crippen LogP contribution < -0.4 is 5.32 Å². The summed E-state index contributed by atoms with van der Waals surface area (Å²) in [6.07, 6.45) is 0. The van der Waals surface area contributed by atoms with Crippen LogP contribution in [0.4, 0.5) is 4.39 Å². The van der Waals surface area contributed by atoms with Crippen molar-refractivity contribution in [1.82, 2.24) is 20.0 Å². The van der Waals surface area contributed by atoms with Gasteiger partial charge >= 0.3 is 0 Å². The summed E-state index contributed by atoms with van der Waals surface area (Å²) in [5.74, 6) is 0.768. The lowest BCUT2D eigenvalue weighted by Crippen LogP contribution is -2.54. The Morgan fingerprint density at radius 2 is 1.88 bits per heavy atom. The number of halogens is 2. The number of guanidine groups is 1. The van der Waals surface area contributed by atoms with Gasteiger partial charge in [0.15, 0.2) is 5.96 Å². The number of nitrogens with zero attached hydrogens (tertiary/aromatic N) is 4. The van der Waals surface area contributed by atoms with Crippen LogP contribution in [-0.2, 0) is 27.4 Å². The zero-order valence-corrected chi connectivity index (χ0v) is 21.3. The normalized spacial score (nSPS) is 17.8. The second-order valence-corrected chi connectivity index (χ2v) is 7.79. The molecule has 180 valence electrons. The van der Waals surface area contributed by atoms with E-state index in [4.69, 9.17) is 14.5 Å². The maximum absolute atomic E-state index is 13.8. The van der Waals surface area contributed by atoms with Crippen molar-refractivity contribution in [2.75, 3.05) is 72.7 Å². The van der Waals surface area contributed by atoms with E-state index in [0.29, 0.717) is 45.0 Å². The number of carbonyl (C=O) groups excluding carboxylic acids is 1. The quantitative estimate of drug-likeness (QED) is 0.309. The molecule has 0 atom stereocenters. The number of morpholine rings is 1. The molecule has 0 unspecified atom stereocenters. The fourth-order valence-electron chi connectivity index (χ4n) is 3.81. The number of hydrogen-bond acceptors (Lipinski definition) is 5. The van der Waals surface area contributed by atoms with Gasteiger partial charge in [0.2, 0.25) is 5.91 Å². The van der Waals surface area contributed by atoms with Crippen LogP contribution >= 0.6 is 24.0 Å². The maximum atomic E-state index is 13.8. The molecule has 1 amide bonds. The Labute approximate surface area is 207 Å². The molecule has 0 spiro atoms. The smallest absolute Gasteiger partial charge is 0.236 e. The predicted molar refractivity (Wildman–Crippen MR) is 133 cm³/mol. The first kappa shape index (κ1) is 26.7. The fourth-order valence-corrected chi connectivity index (χ4v) is 3.81. The molecule has 2 aliphatic rings. The molecule has 2 saturated heterocycles. The van der Waals surface area contributed by atoms with E-state index in [0.717, 1.165) is 44.2 Å². The number of aliphatic imine (C=N–C) groups is 1. The monoisotopic (exact) mass is 563 g/mol. The highest BCUT2D eigenvalue weighted by molar-refractivity contribution is 14.0. The van der Waals surface area contributed by atoms with E-state index in [1.807, 2.05) is 11.8 Å². The van der Waals surface area contributed by atoms with Gasteiger partial charge in [-0.2, -0.15) is 0 Å². The van der Waals surface area contributed by atoms with E-state index in [2.05, 4.69) is 15.1 Å². The predicted octanol–water partition coefficient (Wildman–Crippen LogP) is 1.53. The molecule has 2 heterocycles. The summed E-state index contributed by atoms with van der Waals surface area (Å²) in [5, 5.41) is 3.35. The van der Waals surface area contributed by atoms with Crippen molar-refractivity contribution >= 4 is 35.8 Å². The van der Waals surface area contributed by atoms with Gasteiger partial charge in [-0.1, -0.05) is 6.07 Å². The topological polar surface area (TPSA) is 69.6 Å². The number of nitrogens with one attached hydrogen (secondary N) is 1. The summed E-state index contributed by atoms with van der Waals surface area (Å²) in [4.78, 5) is 23.6. The first-order valence-corrected chi connectivity index (χ1v) is 11.0. The Hall–Kier alpha value is -1.50. The van der Waals surface area contributed by atoms with Crippen molar-refractivity contribution in [3.63, 3.8) is 0 Å². The number of hydrogen-bond donors (Lipinski definition) is 1. The molecule has 1 aromatic rings. The van der Waals surface area contributed by atoms with Crippen LogP contribution in [0.3, 0.4) is 0 Å². The Balaban J connectivity index is 0.00000363. The fraction of sp³-hybridized carbons (Fsp3) is 0.636. The highest BCUT2D eigenvalue weighted by atomic mass is 127. The molecule has 3 rings (SSSR count). The number of benzene rings is 1. The molecule has 2 aliphatic heterocycles. The molecule has 10 heteroatoms. The summed E-state index contributed by atoms with van der Waals surface area (Å²) in [6, 6.07) is 5.04. The summed E-state index contributed by atoms with van der Waals surface area (Å²) in [5.41, 5.74) is 1.48. The minimum atomic E-state index is -0.260. The molecule has 0 aliphatic carbocycles. The maximum Gasteiger partial charge on any atom is 0.236 e. The van der Waals surface area contributed by atoms with E-state index >= 15 is 0 Å². The van der Waals surface area contributed by atoms with Crippen LogP contribution in [0.2, 0.25) is 0 Å². The summed E-state index contributed by atoms with van der Waals surface area (Å²) < 4.78 is 24.2. The lowest BCUT2D eigenvalue weighted by atomic mass is 10.1. The molecular weight excluding hydrogens is 528 g/mol. The summed E-state index contributed by atoms with van der Waals surface area (Å²) in [7, 11) is 1.56. The van der Waals surface area contributed by atoms with E-state index in [1.54, 1.807) is 19.2 Å². The first-order valence-electron chi connectivity index (χ1n) is 11.0. The Kier molecular flexibility index (Phi) is 11.6. The van der Waals surface area contributed by atoms with Crippen molar-refractivity contribution in [1.29, 1.82) is 0 Å². The largest absolute Gasteiger partial charge is 0.380 e. The highest BCUT2D eigenvalue weighted by Crippen LogP contribution is 2.13. The summed E-state index contributed by atoms with van der Waals surface area (Å²) >= 11 is 0. The zero-order valence-electron chi connectivity index (χ0n) is 19.0. The second kappa shape index (κ2) is 13.9. The van der Waals surface area contributed by atoms with E-state index in [-0.39, 0.29) is 42.3 Å². The van der Waals surface area contributed by atoms with Gasteiger partial charge in [0.05, 0.1) is 32.9 Å². The lowest BCUT2D eigenvalue weighted by Gasteiger charge is -2.37. The number of ether oxygens (including phenoxy) is 2. The molecule has 2 fully saturated rings. The van der Waals surface area contributed by atoms with Crippen molar-refractivity contribution in [3.05, 3.63) is 35.1 Å². The third-order valence-corrected chi connectivity index (χ3v) is 5.55. The van der Waals surface area contributed by atoms with Gasteiger partial charge in [-0.05, 0) is 24.6 Å². The van der Waals surface area contributed by atoms with Gasteiger partial charge < -0.3 is 24.6 Å². The van der Waals surface area contributed by atoms with Crippen LogP contribution in [-0.4, -0.2) is 99.2 Å². The van der Waals surface area contributed by atoms with Gasteiger partial charge in [-0.15, -0.1) is 24.0 Å². The second-order valence-electron chi connectivity index (χ2n) is 7.79. The van der Waals surface area contributed by atoms with Crippen LogP contribution in [0, 0.1) is 5.82 Å².